The van der Waals surface area contributed by atoms with Crippen molar-refractivity contribution in [2.45, 2.75) is 53.1 Å². The lowest BCUT2D eigenvalue weighted by atomic mass is 9.82. The summed E-state index contributed by atoms with van der Waals surface area (Å²) in [5.41, 5.74) is 6.80. The number of benzene rings is 1. The van der Waals surface area contributed by atoms with Gasteiger partial charge >= 0.3 is 5.97 Å². The van der Waals surface area contributed by atoms with Crippen LogP contribution >= 0.6 is 0 Å². The van der Waals surface area contributed by atoms with Gasteiger partial charge < -0.3 is 4.74 Å². The number of hydrogen-bond donors (Lipinski definition) is 2. The first-order chi connectivity index (χ1) is 15.2. The fourth-order valence-electron chi connectivity index (χ4n) is 3.34. The summed E-state index contributed by atoms with van der Waals surface area (Å²) in [5, 5.41) is 0. The summed E-state index contributed by atoms with van der Waals surface area (Å²) in [4.78, 5) is 30.4. The average Bonchev–Trinajstić information content (AvgIpc) is 2.74. The molecule has 1 amide bonds. The van der Waals surface area contributed by atoms with Crippen LogP contribution in [-0.4, -0.2) is 22.5 Å². The van der Waals surface area contributed by atoms with Gasteiger partial charge in [-0.1, -0.05) is 50.3 Å². The molecule has 32 heavy (non-hydrogen) atoms. The number of carbonyl (C=O) groups excluding carboxylic acids is 2. The normalized spacial score (nSPS) is 13.6. The van der Waals surface area contributed by atoms with Crippen LogP contribution in [-0.2, 0) is 14.3 Å². The second kappa shape index (κ2) is 12.0. The van der Waals surface area contributed by atoms with E-state index in [9.17, 15) is 9.59 Å². The van der Waals surface area contributed by atoms with Crippen LogP contribution in [0.15, 0.2) is 60.9 Å². The molecular weight excluding hydrogens is 402 g/mol. The van der Waals surface area contributed by atoms with E-state index in [1.807, 2.05) is 89.2 Å². The minimum absolute atomic E-state index is 0.229. The number of nitrogens with one attached hydrogen (secondary N) is 2. The Morgan fingerprint density at radius 1 is 1.06 bits per heavy atom. The highest BCUT2D eigenvalue weighted by Crippen LogP contribution is 2.28. The molecule has 2 aromatic rings. The van der Waals surface area contributed by atoms with Crippen molar-refractivity contribution in [3.8, 4) is 0 Å². The van der Waals surface area contributed by atoms with Crippen LogP contribution < -0.4 is 10.9 Å². The number of hydrazine groups is 1. The van der Waals surface area contributed by atoms with Crippen LogP contribution in [0.4, 0.5) is 5.69 Å². The quantitative estimate of drug-likeness (QED) is 0.392. The Labute approximate surface area is 191 Å². The highest BCUT2D eigenvalue weighted by molar-refractivity contribution is 5.86. The van der Waals surface area contributed by atoms with E-state index in [0.717, 1.165) is 11.3 Å². The molecule has 0 fully saturated rings. The Kier molecular flexibility index (Phi) is 9.44. The van der Waals surface area contributed by atoms with Crippen LogP contribution in [0.3, 0.4) is 0 Å². The second-order valence-electron chi connectivity index (χ2n) is 9.28. The van der Waals surface area contributed by atoms with Crippen molar-refractivity contribution < 1.29 is 14.3 Å². The molecule has 1 unspecified atom stereocenters. The summed E-state index contributed by atoms with van der Waals surface area (Å²) in [5.74, 6) is -1.52. The van der Waals surface area contributed by atoms with Crippen molar-refractivity contribution in [3.05, 3.63) is 66.5 Å². The maximum absolute atomic E-state index is 13.2. The van der Waals surface area contributed by atoms with E-state index in [4.69, 9.17) is 4.74 Å². The fourth-order valence-corrected chi connectivity index (χ4v) is 3.34. The molecule has 0 aliphatic carbocycles. The van der Waals surface area contributed by atoms with Gasteiger partial charge in [-0.3, -0.25) is 25.4 Å². The summed E-state index contributed by atoms with van der Waals surface area (Å²) >= 11 is 0. The standard InChI is InChI=1S/C26H35N3O3/c1-19(2)17-23(24(30)29-28-21-13-7-6-8-14-21)22(25(31)32-26(3,4)5)15-9-11-20-12-10-16-27-18-20/h6-14,16,18-19,22-23,28H,15,17H2,1-5H3,(H,29,30)/b11-9+/t22?,23-/m1/s1. The minimum atomic E-state index is -0.635. The molecule has 2 atom stereocenters. The number of aromatic nitrogens is 1. The van der Waals surface area contributed by atoms with Crippen molar-refractivity contribution in [2.75, 3.05) is 5.43 Å². The third-order valence-corrected chi connectivity index (χ3v) is 4.75. The van der Waals surface area contributed by atoms with Gasteiger partial charge in [0.15, 0.2) is 0 Å². The van der Waals surface area contributed by atoms with Crippen LogP contribution in [0.5, 0.6) is 0 Å². The van der Waals surface area contributed by atoms with Crippen LogP contribution in [0.25, 0.3) is 6.08 Å². The molecular formula is C26H35N3O3. The molecule has 2 N–H and O–H groups in total. The lowest BCUT2D eigenvalue weighted by Gasteiger charge is -2.29. The Bertz CT molecular complexity index is 874. The summed E-state index contributed by atoms with van der Waals surface area (Å²) < 4.78 is 5.69. The van der Waals surface area contributed by atoms with Crippen LogP contribution in [0.2, 0.25) is 0 Å². The second-order valence-corrected chi connectivity index (χ2v) is 9.28. The molecule has 0 aliphatic rings. The average molecular weight is 438 g/mol. The molecule has 0 radical (unpaired) electrons. The van der Waals surface area contributed by atoms with Crippen molar-refractivity contribution in [2.24, 2.45) is 17.8 Å². The van der Waals surface area contributed by atoms with Gasteiger partial charge in [-0.15, -0.1) is 0 Å². The van der Waals surface area contributed by atoms with Gasteiger partial charge in [0.05, 0.1) is 17.5 Å². The molecule has 0 saturated carbocycles. The first-order valence-corrected chi connectivity index (χ1v) is 11.1. The number of ether oxygens (including phenoxy) is 1. The Morgan fingerprint density at radius 2 is 1.78 bits per heavy atom. The number of para-hydroxylation sites is 1. The van der Waals surface area contributed by atoms with E-state index in [2.05, 4.69) is 15.8 Å². The molecule has 2 rings (SSSR count). The molecule has 1 aromatic carbocycles. The lowest BCUT2D eigenvalue weighted by molar-refractivity contribution is -0.164. The molecule has 0 bridgehead atoms. The number of amides is 1. The van der Waals surface area contributed by atoms with E-state index in [-0.39, 0.29) is 17.8 Å². The minimum Gasteiger partial charge on any atom is -0.460 e. The number of allylic oxidation sites excluding steroid dienone is 1. The molecule has 6 heteroatoms. The van der Waals surface area contributed by atoms with E-state index in [1.54, 1.807) is 12.4 Å². The zero-order valence-electron chi connectivity index (χ0n) is 19.7. The molecule has 6 nitrogen and oxygen atoms in total. The number of esters is 1. The largest absolute Gasteiger partial charge is 0.460 e. The predicted octanol–water partition coefficient (Wildman–Crippen LogP) is 5.25. The number of nitrogens with zero attached hydrogens (tertiary/aromatic N) is 1. The third-order valence-electron chi connectivity index (χ3n) is 4.75. The van der Waals surface area contributed by atoms with E-state index in [1.165, 1.54) is 0 Å². The number of anilines is 1. The van der Waals surface area contributed by atoms with Crippen molar-refractivity contribution >= 4 is 23.6 Å². The number of carbonyl (C=O) groups is 2. The molecule has 1 heterocycles. The summed E-state index contributed by atoms with van der Waals surface area (Å²) in [6.45, 7) is 9.59. The number of rotatable bonds is 10. The molecule has 0 spiro atoms. The lowest BCUT2D eigenvalue weighted by Crippen LogP contribution is -2.42. The Balaban J connectivity index is 2.22. The summed E-state index contributed by atoms with van der Waals surface area (Å²) in [7, 11) is 0. The van der Waals surface area contributed by atoms with E-state index in [0.29, 0.717) is 12.8 Å². The fraction of sp³-hybridized carbons (Fsp3) is 0.423. The highest BCUT2D eigenvalue weighted by Gasteiger charge is 2.36. The number of hydrogen-bond acceptors (Lipinski definition) is 5. The van der Waals surface area contributed by atoms with Gasteiger partial charge in [0, 0.05) is 12.4 Å². The van der Waals surface area contributed by atoms with E-state index < -0.39 is 17.4 Å². The summed E-state index contributed by atoms with van der Waals surface area (Å²) in [6, 6.07) is 13.2. The maximum atomic E-state index is 13.2. The van der Waals surface area contributed by atoms with Gasteiger partial charge in [-0.2, -0.15) is 0 Å². The van der Waals surface area contributed by atoms with Gasteiger partial charge in [-0.25, -0.2) is 0 Å². The SMILES string of the molecule is CC(C)C[C@@H](C(=O)NNc1ccccc1)C(C/C=C/c1cccnc1)C(=O)OC(C)(C)C. The molecule has 1 aromatic heterocycles. The van der Waals surface area contributed by atoms with Crippen molar-refractivity contribution in [1.29, 1.82) is 0 Å². The Morgan fingerprint density at radius 3 is 2.38 bits per heavy atom. The zero-order valence-corrected chi connectivity index (χ0v) is 19.7. The van der Waals surface area contributed by atoms with Gasteiger partial charge in [0.2, 0.25) is 5.91 Å². The zero-order chi connectivity index (χ0) is 23.6. The molecule has 172 valence electrons. The maximum Gasteiger partial charge on any atom is 0.310 e. The monoisotopic (exact) mass is 437 g/mol. The van der Waals surface area contributed by atoms with Gasteiger partial charge in [0.1, 0.15) is 5.60 Å². The Hall–Kier alpha value is -3.15. The summed E-state index contributed by atoms with van der Waals surface area (Å²) in [6.07, 6.45) is 8.24. The number of pyridine rings is 1. The topological polar surface area (TPSA) is 80.3 Å². The molecule has 0 aliphatic heterocycles. The first-order valence-electron chi connectivity index (χ1n) is 11.1. The van der Waals surface area contributed by atoms with Gasteiger partial charge in [0.25, 0.3) is 0 Å². The molecule has 0 saturated heterocycles. The van der Waals surface area contributed by atoms with Crippen molar-refractivity contribution in [1.82, 2.24) is 10.4 Å². The van der Waals surface area contributed by atoms with E-state index >= 15 is 0 Å². The smallest absolute Gasteiger partial charge is 0.310 e. The predicted molar refractivity (Wildman–Crippen MR) is 128 cm³/mol. The highest BCUT2D eigenvalue weighted by atomic mass is 16.6. The third kappa shape index (κ3) is 8.92. The first kappa shape index (κ1) is 25.1. The van der Waals surface area contributed by atoms with Gasteiger partial charge in [-0.05, 0) is 63.3 Å². The van der Waals surface area contributed by atoms with Crippen LogP contribution in [0.1, 0.15) is 53.0 Å². The van der Waals surface area contributed by atoms with Crippen molar-refractivity contribution in [3.63, 3.8) is 0 Å². The van der Waals surface area contributed by atoms with Crippen LogP contribution in [0, 0.1) is 17.8 Å².